The third kappa shape index (κ3) is 4.83. The number of nitro benzene ring substituents is 1. The maximum absolute atomic E-state index is 12.1. The molecule has 11 heteroatoms. The Balaban J connectivity index is 1.98. The molecule has 11 nitrogen and oxygen atoms in total. The Hall–Kier alpha value is -4.28. The summed E-state index contributed by atoms with van der Waals surface area (Å²) in [6.07, 6.45) is -0.955. The molecule has 2 aromatic carbocycles. The van der Waals surface area contributed by atoms with E-state index in [1.165, 1.54) is 32.9 Å². The summed E-state index contributed by atoms with van der Waals surface area (Å²) in [7, 11) is 0. The summed E-state index contributed by atoms with van der Waals surface area (Å²) in [6.45, 7) is 3.85. The minimum atomic E-state index is -0.955. The summed E-state index contributed by atoms with van der Waals surface area (Å²) in [6, 6.07) is 10.1. The highest BCUT2D eigenvalue weighted by Crippen LogP contribution is 2.34. The van der Waals surface area contributed by atoms with Crippen molar-refractivity contribution >= 4 is 35.1 Å². The van der Waals surface area contributed by atoms with Crippen LogP contribution >= 0.6 is 0 Å². The van der Waals surface area contributed by atoms with Crippen LogP contribution in [0.5, 0.6) is 5.75 Å². The second-order valence-electron chi connectivity index (χ2n) is 6.57. The van der Waals surface area contributed by atoms with Gasteiger partial charge in [-0.25, -0.2) is 0 Å². The number of ether oxygens (including phenoxy) is 2. The van der Waals surface area contributed by atoms with E-state index in [2.05, 4.69) is 10.4 Å². The number of rotatable bonds is 5. The minimum absolute atomic E-state index is 0.00186. The van der Waals surface area contributed by atoms with Crippen LogP contribution in [0.25, 0.3) is 0 Å². The van der Waals surface area contributed by atoms with Crippen molar-refractivity contribution in [3.63, 3.8) is 0 Å². The van der Waals surface area contributed by atoms with Crippen molar-refractivity contribution in [2.75, 3.05) is 5.32 Å². The molecule has 0 bridgehead atoms. The average Bonchev–Trinajstić information content (AvgIpc) is 3.13. The SMILES string of the molecule is CC(=O)Nc1ccc(C2OC(c3cc([N+](=O)[O-])ccc3OC(C)=O)=NN2C(C)=O)cc1. The van der Waals surface area contributed by atoms with E-state index >= 15 is 0 Å². The first-order valence-electron chi connectivity index (χ1n) is 9.05. The molecule has 1 aliphatic rings. The van der Waals surface area contributed by atoms with E-state index in [0.29, 0.717) is 11.3 Å². The number of carbonyl (C=O) groups is 3. The number of nitrogens with one attached hydrogen (secondary N) is 1. The standard InChI is InChI=1S/C20H18N4O7/c1-11(25)21-15-6-4-14(5-7-15)20-23(12(2)26)22-19(31-20)17-10-16(24(28)29)8-9-18(17)30-13(3)27/h4-10,20H,1-3H3,(H,21,25). The summed E-state index contributed by atoms with van der Waals surface area (Å²) >= 11 is 0. The van der Waals surface area contributed by atoms with Crippen LogP contribution in [0.15, 0.2) is 47.6 Å². The smallest absolute Gasteiger partial charge is 0.308 e. The molecule has 1 aliphatic heterocycles. The molecule has 2 aromatic rings. The number of nitrogens with zero attached hydrogens (tertiary/aromatic N) is 3. The van der Waals surface area contributed by atoms with Crippen LogP contribution in [0.2, 0.25) is 0 Å². The first kappa shape index (κ1) is 21.4. The fourth-order valence-electron chi connectivity index (χ4n) is 2.87. The van der Waals surface area contributed by atoms with Gasteiger partial charge in [0.25, 0.3) is 5.69 Å². The van der Waals surface area contributed by atoms with E-state index in [-0.39, 0.29) is 28.8 Å². The zero-order valence-electron chi connectivity index (χ0n) is 16.8. The van der Waals surface area contributed by atoms with Gasteiger partial charge in [0.05, 0.1) is 10.5 Å². The van der Waals surface area contributed by atoms with Gasteiger partial charge in [0, 0.05) is 44.2 Å². The second kappa shape index (κ2) is 8.61. The Labute approximate surface area is 176 Å². The first-order valence-corrected chi connectivity index (χ1v) is 9.05. The second-order valence-corrected chi connectivity index (χ2v) is 6.57. The summed E-state index contributed by atoms with van der Waals surface area (Å²) in [4.78, 5) is 45.3. The number of hydrazone groups is 1. The monoisotopic (exact) mass is 426 g/mol. The molecule has 0 fully saturated rings. The van der Waals surface area contributed by atoms with Crippen LogP contribution in [-0.4, -0.2) is 33.6 Å². The predicted molar refractivity (Wildman–Crippen MR) is 108 cm³/mol. The van der Waals surface area contributed by atoms with Gasteiger partial charge in [0.2, 0.25) is 23.9 Å². The molecular formula is C20H18N4O7. The van der Waals surface area contributed by atoms with E-state index in [9.17, 15) is 24.5 Å². The average molecular weight is 426 g/mol. The van der Waals surface area contributed by atoms with Crippen molar-refractivity contribution < 1.29 is 28.8 Å². The molecule has 0 aliphatic carbocycles. The minimum Gasteiger partial charge on any atom is -0.446 e. The largest absolute Gasteiger partial charge is 0.446 e. The van der Waals surface area contributed by atoms with E-state index < -0.39 is 23.0 Å². The van der Waals surface area contributed by atoms with Gasteiger partial charge in [0.15, 0.2) is 0 Å². The maximum atomic E-state index is 12.1. The van der Waals surface area contributed by atoms with Crippen LogP contribution in [0, 0.1) is 10.1 Å². The van der Waals surface area contributed by atoms with Gasteiger partial charge < -0.3 is 14.8 Å². The van der Waals surface area contributed by atoms with E-state index in [0.717, 1.165) is 11.1 Å². The number of anilines is 1. The van der Waals surface area contributed by atoms with Crippen molar-refractivity contribution in [3.05, 3.63) is 63.7 Å². The van der Waals surface area contributed by atoms with Gasteiger partial charge in [0.1, 0.15) is 5.75 Å². The number of nitro groups is 1. The molecule has 1 heterocycles. The summed E-state index contributed by atoms with van der Waals surface area (Å²) in [5.41, 5.74) is 0.880. The van der Waals surface area contributed by atoms with Gasteiger partial charge in [-0.3, -0.25) is 24.5 Å². The van der Waals surface area contributed by atoms with Crippen LogP contribution in [0.3, 0.4) is 0 Å². The first-order chi connectivity index (χ1) is 14.7. The highest BCUT2D eigenvalue weighted by atomic mass is 16.6. The Morgan fingerprint density at radius 2 is 1.81 bits per heavy atom. The lowest BCUT2D eigenvalue weighted by Crippen LogP contribution is -2.25. The number of non-ortho nitro benzene ring substituents is 1. The number of hydrogen-bond acceptors (Lipinski definition) is 8. The van der Waals surface area contributed by atoms with E-state index in [1.54, 1.807) is 24.3 Å². The van der Waals surface area contributed by atoms with Gasteiger partial charge in [-0.05, 0) is 18.2 Å². The van der Waals surface area contributed by atoms with Crippen molar-refractivity contribution in [2.24, 2.45) is 5.10 Å². The molecular weight excluding hydrogens is 408 g/mol. The van der Waals surface area contributed by atoms with Crippen molar-refractivity contribution in [1.82, 2.24) is 5.01 Å². The molecule has 0 aromatic heterocycles. The van der Waals surface area contributed by atoms with Gasteiger partial charge in [-0.1, -0.05) is 12.1 Å². The van der Waals surface area contributed by atoms with Crippen molar-refractivity contribution in [1.29, 1.82) is 0 Å². The van der Waals surface area contributed by atoms with Gasteiger partial charge >= 0.3 is 5.97 Å². The summed E-state index contributed by atoms with van der Waals surface area (Å²) in [5, 5.41) is 19.0. The molecule has 1 N–H and O–H groups in total. The highest BCUT2D eigenvalue weighted by Gasteiger charge is 2.35. The Kier molecular flexibility index (Phi) is 5.95. The topological polar surface area (TPSA) is 140 Å². The molecule has 31 heavy (non-hydrogen) atoms. The molecule has 3 rings (SSSR count). The zero-order valence-corrected chi connectivity index (χ0v) is 16.8. The number of esters is 1. The van der Waals surface area contributed by atoms with Crippen LogP contribution in [0.1, 0.15) is 38.1 Å². The lowest BCUT2D eigenvalue weighted by molar-refractivity contribution is -0.384. The molecule has 1 atom stereocenters. The number of benzene rings is 2. The van der Waals surface area contributed by atoms with E-state index in [1.807, 2.05) is 0 Å². The van der Waals surface area contributed by atoms with E-state index in [4.69, 9.17) is 9.47 Å². The number of amides is 2. The number of carbonyl (C=O) groups excluding carboxylic acids is 3. The maximum Gasteiger partial charge on any atom is 0.308 e. The fraction of sp³-hybridized carbons (Fsp3) is 0.200. The molecule has 160 valence electrons. The third-order valence-corrected chi connectivity index (χ3v) is 4.14. The third-order valence-electron chi connectivity index (χ3n) is 4.14. The quantitative estimate of drug-likeness (QED) is 0.335. The van der Waals surface area contributed by atoms with Crippen molar-refractivity contribution in [2.45, 2.75) is 27.0 Å². The molecule has 0 saturated heterocycles. The number of hydrogen-bond donors (Lipinski definition) is 1. The molecule has 0 radical (unpaired) electrons. The lowest BCUT2D eigenvalue weighted by Gasteiger charge is -2.19. The Bertz CT molecular complexity index is 1100. The Morgan fingerprint density at radius 3 is 2.35 bits per heavy atom. The van der Waals surface area contributed by atoms with Gasteiger partial charge in [-0.15, -0.1) is 5.10 Å². The van der Waals surface area contributed by atoms with Gasteiger partial charge in [-0.2, -0.15) is 5.01 Å². The highest BCUT2D eigenvalue weighted by molar-refractivity contribution is 6.00. The molecule has 2 amide bonds. The lowest BCUT2D eigenvalue weighted by atomic mass is 10.1. The normalized spacial score (nSPS) is 15.0. The van der Waals surface area contributed by atoms with Crippen LogP contribution < -0.4 is 10.1 Å². The predicted octanol–water partition coefficient (Wildman–Crippen LogP) is 2.72. The summed E-state index contributed by atoms with van der Waals surface area (Å²) in [5.74, 6) is -1.43. The molecule has 0 saturated carbocycles. The van der Waals surface area contributed by atoms with Crippen LogP contribution in [0.4, 0.5) is 11.4 Å². The molecule has 1 unspecified atom stereocenters. The zero-order chi connectivity index (χ0) is 22.7. The Morgan fingerprint density at radius 1 is 1.13 bits per heavy atom. The van der Waals surface area contributed by atoms with Crippen LogP contribution in [-0.2, 0) is 19.1 Å². The molecule has 0 spiro atoms. The summed E-state index contributed by atoms with van der Waals surface area (Å²) < 4.78 is 11.0. The van der Waals surface area contributed by atoms with Crippen molar-refractivity contribution in [3.8, 4) is 5.75 Å². The fourth-order valence-corrected chi connectivity index (χ4v) is 2.87.